The van der Waals surface area contributed by atoms with Crippen LogP contribution in [0.5, 0.6) is 0 Å². The summed E-state index contributed by atoms with van der Waals surface area (Å²) in [6.07, 6.45) is 12.6. The molecule has 1 N–H and O–H groups in total. The van der Waals surface area contributed by atoms with E-state index in [0.717, 1.165) is 12.8 Å². The number of ether oxygens (including phenoxy) is 1. The second-order valence-corrected chi connectivity index (χ2v) is 7.29. The molecule has 2 atom stereocenters. The Morgan fingerprint density at radius 1 is 0.917 bits per heavy atom. The summed E-state index contributed by atoms with van der Waals surface area (Å²) < 4.78 is 5.34. The minimum atomic E-state index is -0.214. The standard InChI is InChI=1S/C19H30N2O3/c22-18(20-15-7-3-1-2-4-8-15)16-9-5-6-10-17(16)19(23)21-11-13-24-14-12-21/h5-6,15-17H,1-4,7-14H2,(H,20,22)/t16-,17-/m1/s1. The molecule has 1 saturated heterocycles. The zero-order valence-electron chi connectivity index (χ0n) is 14.5. The topological polar surface area (TPSA) is 58.6 Å². The number of nitrogens with one attached hydrogen (secondary N) is 1. The zero-order chi connectivity index (χ0) is 16.8. The Labute approximate surface area is 144 Å². The molecular weight excluding hydrogens is 304 g/mol. The van der Waals surface area contributed by atoms with Crippen LogP contribution in [-0.4, -0.2) is 49.1 Å². The maximum Gasteiger partial charge on any atom is 0.226 e. The normalized spacial score (nSPS) is 29.1. The van der Waals surface area contributed by atoms with Gasteiger partial charge in [-0.15, -0.1) is 0 Å². The monoisotopic (exact) mass is 334 g/mol. The average molecular weight is 334 g/mol. The first kappa shape index (κ1) is 17.5. The number of amides is 2. The van der Waals surface area contributed by atoms with Gasteiger partial charge in [0.25, 0.3) is 0 Å². The first-order valence-corrected chi connectivity index (χ1v) is 9.57. The average Bonchev–Trinajstić information content (AvgIpc) is 2.90. The molecule has 1 heterocycles. The Morgan fingerprint density at radius 2 is 1.54 bits per heavy atom. The van der Waals surface area contributed by atoms with Crippen LogP contribution in [0.2, 0.25) is 0 Å². The van der Waals surface area contributed by atoms with Gasteiger partial charge in [-0.3, -0.25) is 9.59 Å². The lowest BCUT2D eigenvalue weighted by Crippen LogP contribution is -2.49. The van der Waals surface area contributed by atoms with Crippen LogP contribution in [-0.2, 0) is 14.3 Å². The van der Waals surface area contributed by atoms with Crippen LogP contribution >= 0.6 is 0 Å². The molecule has 0 radical (unpaired) electrons. The van der Waals surface area contributed by atoms with Gasteiger partial charge in [-0.25, -0.2) is 0 Å². The molecule has 0 bridgehead atoms. The van der Waals surface area contributed by atoms with E-state index in [4.69, 9.17) is 4.74 Å². The highest BCUT2D eigenvalue weighted by molar-refractivity contribution is 5.88. The van der Waals surface area contributed by atoms with Crippen molar-refractivity contribution in [3.8, 4) is 0 Å². The second kappa shape index (κ2) is 8.65. The van der Waals surface area contributed by atoms with Crippen LogP contribution < -0.4 is 5.32 Å². The van der Waals surface area contributed by atoms with E-state index in [1.165, 1.54) is 25.7 Å². The summed E-state index contributed by atoms with van der Waals surface area (Å²) in [6, 6.07) is 0.296. The molecule has 134 valence electrons. The van der Waals surface area contributed by atoms with Crippen molar-refractivity contribution in [2.45, 2.75) is 57.4 Å². The quantitative estimate of drug-likeness (QED) is 0.636. The van der Waals surface area contributed by atoms with Crippen molar-refractivity contribution in [1.29, 1.82) is 0 Å². The molecule has 0 aromatic rings. The third-order valence-corrected chi connectivity index (χ3v) is 5.61. The Balaban J connectivity index is 1.61. The third-order valence-electron chi connectivity index (χ3n) is 5.61. The van der Waals surface area contributed by atoms with E-state index in [2.05, 4.69) is 17.5 Å². The van der Waals surface area contributed by atoms with Crippen molar-refractivity contribution in [3.63, 3.8) is 0 Å². The Morgan fingerprint density at radius 3 is 2.21 bits per heavy atom. The van der Waals surface area contributed by atoms with Gasteiger partial charge >= 0.3 is 0 Å². The minimum absolute atomic E-state index is 0.0814. The number of morpholine rings is 1. The minimum Gasteiger partial charge on any atom is -0.378 e. The lowest BCUT2D eigenvalue weighted by Gasteiger charge is -2.34. The molecule has 5 heteroatoms. The lowest BCUT2D eigenvalue weighted by molar-refractivity contribution is -0.145. The molecule has 5 nitrogen and oxygen atoms in total. The smallest absolute Gasteiger partial charge is 0.226 e. The van der Waals surface area contributed by atoms with Gasteiger partial charge in [-0.2, -0.15) is 0 Å². The first-order valence-electron chi connectivity index (χ1n) is 9.57. The van der Waals surface area contributed by atoms with Gasteiger partial charge in [0.1, 0.15) is 0 Å². The van der Waals surface area contributed by atoms with Crippen molar-refractivity contribution >= 4 is 11.8 Å². The number of carbonyl (C=O) groups excluding carboxylic acids is 2. The number of allylic oxidation sites excluding steroid dienone is 2. The molecule has 2 amide bonds. The third kappa shape index (κ3) is 4.38. The van der Waals surface area contributed by atoms with E-state index in [0.29, 0.717) is 45.2 Å². The summed E-state index contributed by atoms with van der Waals surface area (Å²) in [4.78, 5) is 27.6. The fourth-order valence-corrected chi connectivity index (χ4v) is 4.13. The van der Waals surface area contributed by atoms with Gasteiger partial charge in [0.05, 0.1) is 25.0 Å². The molecule has 0 aromatic carbocycles. The molecule has 1 aliphatic heterocycles. The molecule has 0 unspecified atom stereocenters. The Hall–Kier alpha value is -1.36. The summed E-state index contributed by atoms with van der Waals surface area (Å²) in [5, 5.41) is 3.25. The summed E-state index contributed by atoms with van der Waals surface area (Å²) >= 11 is 0. The molecule has 0 spiro atoms. The highest BCUT2D eigenvalue weighted by Crippen LogP contribution is 2.29. The van der Waals surface area contributed by atoms with Crippen molar-refractivity contribution in [2.75, 3.05) is 26.3 Å². The van der Waals surface area contributed by atoms with Crippen LogP contribution in [0.3, 0.4) is 0 Å². The molecule has 2 aliphatic carbocycles. The van der Waals surface area contributed by atoms with E-state index in [1.807, 2.05) is 4.90 Å². The van der Waals surface area contributed by atoms with Crippen molar-refractivity contribution in [1.82, 2.24) is 10.2 Å². The molecule has 0 aromatic heterocycles. The van der Waals surface area contributed by atoms with Crippen LogP contribution in [0.15, 0.2) is 12.2 Å². The van der Waals surface area contributed by atoms with E-state index in [1.54, 1.807) is 0 Å². The largest absolute Gasteiger partial charge is 0.378 e. The molecule has 1 saturated carbocycles. The summed E-state index contributed by atoms with van der Waals surface area (Å²) in [5.41, 5.74) is 0. The van der Waals surface area contributed by atoms with Gasteiger partial charge in [0.15, 0.2) is 0 Å². The second-order valence-electron chi connectivity index (χ2n) is 7.29. The molecule has 3 aliphatic rings. The van der Waals surface area contributed by atoms with Crippen LogP contribution in [0.1, 0.15) is 51.4 Å². The zero-order valence-corrected chi connectivity index (χ0v) is 14.5. The molecule has 24 heavy (non-hydrogen) atoms. The van der Waals surface area contributed by atoms with Gasteiger partial charge in [0.2, 0.25) is 11.8 Å². The summed E-state index contributed by atoms with van der Waals surface area (Å²) in [5.74, 6) is -0.214. The number of nitrogens with zero attached hydrogens (tertiary/aromatic N) is 1. The maximum atomic E-state index is 12.9. The molecule has 2 fully saturated rings. The Kier molecular flexibility index (Phi) is 6.30. The fraction of sp³-hybridized carbons (Fsp3) is 0.789. The summed E-state index contributed by atoms with van der Waals surface area (Å²) in [6.45, 7) is 2.51. The van der Waals surface area contributed by atoms with E-state index in [9.17, 15) is 9.59 Å². The van der Waals surface area contributed by atoms with Crippen molar-refractivity contribution in [3.05, 3.63) is 12.2 Å². The van der Waals surface area contributed by atoms with Crippen LogP contribution in [0.4, 0.5) is 0 Å². The van der Waals surface area contributed by atoms with E-state index >= 15 is 0 Å². The van der Waals surface area contributed by atoms with Crippen molar-refractivity contribution in [2.24, 2.45) is 11.8 Å². The number of hydrogen-bond donors (Lipinski definition) is 1. The van der Waals surface area contributed by atoms with Gasteiger partial charge in [-0.1, -0.05) is 37.8 Å². The van der Waals surface area contributed by atoms with E-state index in [-0.39, 0.29) is 23.7 Å². The van der Waals surface area contributed by atoms with Gasteiger partial charge in [-0.05, 0) is 25.7 Å². The highest BCUT2D eigenvalue weighted by Gasteiger charge is 2.37. The first-order chi connectivity index (χ1) is 11.8. The predicted molar refractivity (Wildman–Crippen MR) is 92.4 cm³/mol. The number of rotatable bonds is 3. The Bertz CT molecular complexity index is 463. The van der Waals surface area contributed by atoms with Crippen LogP contribution in [0, 0.1) is 11.8 Å². The SMILES string of the molecule is O=C(NC1CCCCCC1)[C@@H]1CC=CC[C@H]1C(=O)N1CCOCC1. The number of carbonyl (C=O) groups is 2. The van der Waals surface area contributed by atoms with Gasteiger partial charge in [0, 0.05) is 19.1 Å². The number of hydrogen-bond acceptors (Lipinski definition) is 3. The summed E-state index contributed by atoms with van der Waals surface area (Å²) in [7, 11) is 0. The molecule has 3 rings (SSSR count). The fourth-order valence-electron chi connectivity index (χ4n) is 4.13. The van der Waals surface area contributed by atoms with E-state index < -0.39 is 0 Å². The highest BCUT2D eigenvalue weighted by atomic mass is 16.5. The van der Waals surface area contributed by atoms with Crippen molar-refractivity contribution < 1.29 is 14.3 Å². The molecular formula is C19H30N2O3. The van der Waals surface area contributed by atoms with Gasteiger partial charge < -0.3 is 15.0 Å². The predicted octanol–water partition coefficient (Wildman–Crippen LogP) is 2.27. The van der Waals surface area contributed by atoms with Crippen LogP contribution in [0.25, 0.3) is 0 Å². The maximum absolute atomic E-state index is 12.9. The lowest BCUT2D eigenvalue weighted by atomic mass is 9.81.